The average molecular weight is 285 g/mol. The van der Waals surface area contributed by atoms with Gasteiger partial charge in [0.05, 0.1) is 13.2 Å². The fraction of sp³-hybridized carbons (Fsp3) is 0.615. The monoisotopic (exact) mass is 285 g/mol. The Kier molecular flexibility index (Phi) is 5.11. The van der Waals surface area contributed by atoms with Crippen LogP contribution in [0, 0.1) is 6.92 Å². The first-order chi connectivity index (χ1) is 9.05. The lowest BCUT2D eigenvalue weighted by molar-refractivity contribution is -0.897. The number of morpholine rings is 1. The molecule has 2 N–H and O–H groups in total. The van der Waals surface area contributed by atoms with Crippen LogP contribution < -0.4 is 4.90 Å². The van der Waals surface area contributed by atoms with Crippen LogP contribution in [0.3, 0.4) is 0 Å². The van der Waals surface area contributed by atoms with Gasteiger partial charge in [-0.3, -0.25) is 9.55 Å². The number of aromatic nitrogens is 1. The van der Waals surface area contributed by atoms with Crippen molar-refractivity contribution >= 4 is 7.37 Å². The molecule has 1 unspecified atom stereocenters. The van der Waals surface area contributed by atoms with Gasteiger partial charge in [0.1, 0.15) is 13.1 Å². The first-order valence-corrected chi connectivity index (χ1v) is 8.72. The number of nitrogens with zero attached hydrogens (tertiary/aromatic N) is 1. The molecule has 0 bridgehead atoms. The number of quaternary nitrogens is 1. The van der Waals surface area contributed by atoms with Crippen LogP contribution in [-0.2, 0) is 15.7 Å². The molecule has 0 aliphatic carbocycles. The molecular formula is C13H22N2O3P+. The molecule has 106 valence electrons. The van der Waals surface area contributed by atoms with Gasteiger partial charge in [0.15, 0.2) is 6.29 Å². The number of nitrogens with one attached hydrogen (secondary N) is 1. The van der Waals surface area contributed by atoms with Crippen LogP contribution in [0.4, 0.5) is 0 Å². The van der Waals surface area contributed by atoms with E-state index < -0.39 is 7.37 Å². The van der Waals surface area contributed by atoms with E-state index in [1.54, 1.807) is 6.20 Å². The lowest BCUT2D eigenvalue weighted by Crippen LogP contribution is -3.13. The van der Waals surface area contributed by atoms with Gasteiger partial charge in [0.2, 0.25) is 0 Å². The van der Waals surface area contributed by atoms with Crippen molar-refractivity contribution in [3.05, 3.63) is 29.6 Å². The van der Waals surface area contributed by atoms with Crippen molar-refractivity contribution < 1.29 is 19.1 Å². The Hall–Kier alpha value is -0.740. The molecule has 6 heteroatoms. The van der Waals surface area contributed by atoms with E-state index in [1.165, 1.54) is 4.90 Å². The van der Waals surface area contributed by atoms with Gasteiger partial charge < -0.3 is 14.5 Å². The molecule has 2 rings (SSSR count). The summed E-state index contributed by atoms with van der Waals surface area (Å²) >= 11 is 0. The maximum atomic E-state index is 12.2. The minimum absolute atomic E-state index is 0.335. The first kappa shape index (κ1) is 14.7. The highest BCUT2D eigenvalue weighted by Crippen LogP contribution is 2.38. The van der Waals surface area contributed by atoms with Crippen molar-refractivity contribution in [3.8, 4) is 0 Å². The van der Waals surface area contributed by atoms with Gasteiger partial charge in [0, 0.05) is 18.1 Å². The minimum Gasteiger partial charge on any atom is -0.370 e. The second-order valence-electron chi connectivity index (χ2n) is 5.15. The Labute approximate surface area is 114 Å². The molecule has 0 aromatic carbocycles. The maximum absolute atomic E-state index is 12.2. The van der Waals surface area contributed by atoms with E-state index in [1.807, 2.05) is 19.1 Å². The molecule has 1 atom stereocenters. The lowest BCUT2D eigenvalue weighted by Gasteiger charge is -2.25. The van der Waals surface area contributed by atoms with E-state index in [4.69, 9.17) is 4.74 Å². The molecule has 0 saturated carbocycles. The minimum atomic E-state index is -3.06. The van der Waals surface area contributed by atoms with Gasteiger partial charge >= 0.3 is 0 Å². The highest BCUT2D eigenvalue weighted by molar-refractivity contribution is 7.57. The Bertz CT molecular complexity index is 444. The summed E-state index contributed by atoms with van der Waals surface area (Å²) < 4.78 is 17.5. The van der Waals surface area contributed by atoms with E-state index >= 15 is 0 Å². The van der Waals surface area contributed by atoms with Crippen LogP contribution >= 0.6 is 7.37 Å². The quantitative estimate of drug-likeness (QED) is 0.752. The number of hydrogen-bond acceptors (Lipinski definition) is 3. The SMILES string of the molecule is Cc1ccc(CCP(=O)(O)C[NH+]2CCOCC2)cn1. The zero-order valence-corrected chi connectivity index (χ0v) is 12.2. The second-order valence-corrected chi connectivity index (χ2v) is 7.60. The molecule has 2 heterocycles. The third-order valence-electron chi connectivity index (χ3n) is 3.39. The highest BCUT2D eigenvalue weighted by atomic mass is 31.2. The molecule has 1 aliphatic rings. The molecule has 19 heavy (non-hydrogen) atoms. The van der Waals surface area contributed by atoms with Crippen molar-refractivity contribution in [2.24, 2.45) is 0 Å². The summed E-state index contributed by atoms with van der Waals surface area (Å²) in [5, 5.41) is 0. The molecule has 0 amide bonds. The van der Waals surface area contributed by atoms with Crippen LogP contribution in [0.25, 0.3) is 0 Å². The number of aryl methyl sites for hydroxylation is 2. The molecule has 0 radical (unpaired) electrons. The first-order valence-electron chi connectivity index (χ1n) is 6.69. The molecule has 5 nitrogen and oxygen atoms in total. The summed E-state index contributed by atoms with van der Waals surface area (Å²) in [6.45, 7) is 4.98. The summed E-state index contributed by atoms with van der Waals surface area (Å²) in [4.78, 5) is 15.4. The zero-order chi connectivity index (χ0) is 13.7. The van der Waals surface area contributed by atoms with Crippen LogP contribution in [0.15, 0.2) is 18.3 Å². The van der Waals surface area contributed by atoms with Crippen molar-refractivity contribution in [1.82, 2.24) is 4.98 Å². The number of hydrogen-bond donors (Lipinski definition) is 2. The predicted molar refractivity (Wildman–Crippen MR) is 73.8 cm³/mol. The normalized spacial score (nSPS) is 20.1. The van der Waals surface area contributed by atoms with E-state index in [0.29, 0.717) is 32.1 Å². The van der Waals surface area contributed by atoms with Crippen molar-refractivity contribution in [1.29, 1.82) is 0 Å². The standard InChI is InChI=1S/C13H21N2O3P/c1-12-2-3-13(10-14-12)4-9-19(16,17)11-15-5-7-18-8-6-15/h2-3,10H,4-9,11H2,1H3,(H,16,17)/p+1. The van der Waals surface area contributed by atoms with E-state index in [-0.39, 0.29) is 0 Å². The third kappa shape index (κ3) is 5.03. The largest absolute Gasteiger partial charge is 0.370 e. The Balaban J connectivity index is 1.82. The van der Waals surface area contributed by atoms with Crippen LogP contribution in [0.2, 0.25) is 0 Å². The van der Waals surface area contributed by atoms with E-state index in [9.17, 15) is 9.46 Å². The fourth-order valence-electron chi connectivity index (χ4n) is 2.20. The Morgan fingerprint density at radius 3 is 2.79 bits per heavy atom. The number of rotatable bonds is 5. The zero-order valence-electron chi connectivity index (χ0n) is 11.3. The van der Waals surface area contributed by atoms with E-state index in [0.717, 1.165) is 24.3 Å². The molecule has 1 aliphatic heterocycles. The Morgan fingerprint density at radius 2 is 2.16 bits per heavy atom. The smallest absolute Gasteiger partial charge is 0.253 e. The number of ether oxygens (including phenoxy) is 1. The van der Waals surface area contributed by atoms with Crippen molar-refractivity contribution in [3.63, 3.8) is 0 Å². The highest BCUT2D eigenvalue weighted by Gasteiger charge is 2.26. The van der Waals surface area contributed by atoms with E-state index in [2.05, 4.69) is 4.98 Å². The molecule has 0 spiro atoms. The second kappa shape index (κ2) is 6.62. The van der Waals surface area contributed by atoms with Gasteiger partial charge in [-0.05, 0) is 25.0 Å². The van der Waals surface area contributed by atoms with Gasteiger partial charge in [-0.1, -0.05) is 6.07 Å². The van der Waals surface area contributed by atoms with Crippen molar-refractivity contribution in [2.45, 2.75) is 13.3 Å². The maximum Gasteiger partial charge on any atom is 0.253 e. The summed E-state index contributed by atoms with van der Waals surface area (Å²) in [5.41, 5.74) is 1.99. The summed E-state index contributed by atoms with van der Waals surface area (Å²) in [5.74, 6) is 0. The predicted octanol–water partition coefficient (Wildman–Crippen LogP) is 0.0755. The number of pyridine rings is 1. The lowest BCUT2D eigenvalue weighted by atomic mass is 10.2. The third-order valence-corrected chi connectivity index (χ3v) is 5.26. The average Bonchev–Trinajstić information content (AvgIpc) is 2.39. The van der Waals surface area contributed by atoms with Crippen LogP contribution in [0.1, 0.15) is 11.3 Å². The summed E-state index contributed by atoms with van der Waals surface area (Å²) in [6.07, 6.45) is 3.10. The summed E-state index contributed by atoms with van der Waals surface area (Å²) in [7, 11) is -3.06. The molecular weight excluding hydrogens is 263 g/mol. The summed E-state index contributed by atoms with van der Waals surface area (Å²) in [6, 6.07) is 3.91. The van der Waals surface area contributed by atoms with Gasteiger partial charge in [-0.2, -0.15) is 0 Å². The van der Waals surface area contributed by atoms with Crippen LogP contribution in [-0.4, -0.2) is 48.6 Å². The van der Waals surface area contributed by atoms with Gasteiger partial charge in [0.25, 0.3) is 7.37 Å². The van der Waals surface area contributed by atoms with Gasteiger partial charge in [-0.25, -0.2) is 0 Å². The molecule has 1 aromatic rings. The molecule has 1 saturated heterocycles. The fourth-order valence-corrected chi connectivity index (χ4v) is 3.98. The van der Waals surface area contributed by atoms with Gasteiger partial charge in [-0.15, -0.1) is 0 Å². The molecule has 1 fully saturated rings. The Morgan fingerprint density at radius 1 is 1.42 bits per heavy atom. The molecule has 1 aromatic heterocycles. The van der Waals surface area contributed by atoms with Crippen LogP contribution in [0.5, 0.6) is 0 Å². The topological polar surface area (TPSA) is 63.9 Å². The van der Waals surface area contributed by atoms with Crippen molar-refractivity contribution in [2.75, 3.05) is 38.8 Å².